The number of halogens is 1. The van der Waals surface area contributed by atoms with Crippen LogP contribution in [0, 0.1) is 6.92 Å². The van der Waals surface area contributed by atoms with Crippen LogP contribution in [-0.2, 0) is 13.1 Å². The molecule has 2 heterocycles. The lowest BCUT2D eigenvalue weighted by atomic mass is 10.2. The van der Waals surface area contributed by atoms with Crippen LogP contribution in [0.1, 0.15) is 11.5 Å². The lowest BCUT2D eigenvalue weighted by Crippen LogP contribution is -2.38. The molecule has 0 unspecified atom stereocenters. The molecule has 0 aliphatic carbocycles. The van der Waals surface area contributed by atoms with Gasteiger partial charge in [0, 0.05) is 25.7 Å². The molecule has 2 aromatic carbocycles. The predicted octanol–water partition coefficient (Wildman–Crippen LogP) is 3.98. The highest BCUT2D eigenvalue weighted by Crippen LogP contribution is 2.18. The molecule has 0 fully saturated rings. The minimum atomic E-state index is 0. The van der Waals surface area contributed by atoms with Gasteiger partial charge in [-0.05, 0) is 31.2 Å². The summed E-state index contributed by atoms with van der Waals surface area (Å²) in [5, 5.41) is 6.61. The highest BCUT2D eigenvalue weighted by molar-refractivity contribution is 14.0. The van der Waals surface area contributed by atoms with E-state index in [-0.39, 0.29) is 24.0 Å². The third kappa shape index (κ3) is 4.99. The van der Waals surface area contributed by atoms with Gasteiger partial charge >= 0.3 is 0 Å². The fourth-order valence-corrected chi connectivity index (χ4v) is 3.26. The van der Waals surface area contributed by atoms with E-state index in [9.17, 15) is 0 Å². The van der Waals surface area contributed by atoms with Crippen LogP contribution < -0.4 is 10.6 Å². The quantitative estimate of drug-likeness (QED) is 0.230. The number of rotatable bonds is 6. The van der Waals surface area contributed by atoms with E-state index in [0.717, 1.165) is 47.2 Å². The maximum Gasteiger partial charge on any atom is 0.226 e. The minimum Gasteiger partial charge on any atom is -0.444 e. The first-order chi connectivity index (χ1) is 14.2. The molecule has 7 nitrogen and oxygen atoms in total. The Morgan fingerprint density at radius 3 is 2.60 bits per heavy atom. The SMILES string of the molecule is CN=C(NCCn1c(C)nc2ccccc21)NCc1coc(-c2ccccc2)n1.I. The molecule has 0 atom stereocenters. The van der Waals surface area contributed by atoms with Crippen molar-refractivity contribution in [1.82, 2.24) is 25.2 Å². The van der Waals surface area contributed by atoms with E-state index in [1.54, 1.807) is 13.3 Å². The van der Waals surface area contributed by atoms with Crippen LogP contribution in [0.25, 0.3) is 22.5 Å². The topological polar surface area (TPSA) is 80.3 Å². The highest BCUT2D eigenvalue weighted by Gasteiger charge is 2.08. The lowest BCUT2D eigenvalue weighted by Gasteiger charge is -2.12. The zero-order valence-electron chi connectivity index (χ0n) is 17.0. The fraction of sp³-hybridized carbons (Fsp3) is 0.227. The average molecular weight is 516 g/mol. The summed E-state index contributed by atoms with van der Waals surface area (Å²) >= 11 is 0. The summed E-state index contributed by atoms with van der Waals surface area (Å²) in [7, 11) is 1.76. The van der Waals surface area contributed by atoms with Gasteiger partial charge in [0.2, 0.25) is 5.89 Å². The minimum absolute atomic E-state index is 0. The van der Waals surface area contributed by atoms with Crippen LogP contribution in [0.15, 0.2) is 70.3 Å². The number of hydrogen-bond acceptors (Lipinski definition) is 4. The van der Waals surface area contributed by atoms with Gasteiger partial charge in [-0.3, -0.25) is 4.99 Å². The fourth-order valence-electron chi connectivity index (χ4n) is 3.26. The van der Waals surface area contributed by atoms with E-state index in [1.807, 2.05) is 55.5 Å². The van der Waals surface area contributed by atoms with Crippen molar-refractivity contribution in [1.29, 1.82) is 0 Å². The van der Waals surface area contributed by atoms with Gasteiger partial charge in [0.15, 0.2) is 5.96 Å². The van der Waals surface area contributed by atoms with Crippen molar-refractivity contribution in [2.45, 2.75) is 20.0 Å². The van der Waals surface area contributed by atoms with Crippen molar-refractivity contribution in [2.75, 3.05) is 13.6 Å². The Balaban J connectivity index is 0.00000256. The zero-order chi connectivity index (χ0) is 20.1. The number of hydrogen-bond donors (Lipinski definition) is 2. The van der Waals surface area contributed by atoms with Crippen LogP contribution in [0.3, 0.4) is 0 Å². The van der Waals surface area contributed by atoms with Gasteiger partial charge in [-0.25, -0.2) is 9.97 Å². The monoisotopic (exact) mass is 516 g/mol. The van der Waals surface area contributed by atoms with Crippen LogP contribution >= 0.6 is 24.0 Å². The molecule has 0 saturated carbocycles. The normalized spacial score (nSPS) is 11.3. The van der Waals surface area contributed by atoms with E-state index in [4.69, 9.17) is 4.42 Å². The highest BCUT2D eigenvalue weighted by atomic mass is 127. The molecule has 30 heavy (non-hydrogen) atoms. The Morgan fingerprint density at radius 1 is 1.03 bits per heavy atom. The molecule has 156 valence electrons. The maximum absolute atomic E-state index is 5.58. The molecule has 0 spiro atoms. The van der Waals surface area contributed by atoms with Gasteiger partial charge < -0.3 is 19.6 Å². The molecule has 2 aromatic heterocycles. The number of para-hydroxylation sites is 2. The van der Waals surface area contributed by atoms with Crippen LogP contribution in [0.5, 0.6) is 0 Å². The predicted molar refractivity (Wildman–Crippen MR) is 130 cm³/mol. The lowest BCUT2D eigenvalue weighted by molar-refractivity contribution is 0.572. The second-order valence-electron chi connectivity index (χ2n) is 6.66. The molecule has 8 heteroatoms. The smallest absolute Gasteiger partial charge is 0.226 e. The number of fused-ring (bicyclic) bond motifs is 1. The summed E-state index contributed by atoms with van der Waals surface area (Å²) in [6.07, 6.45) is 1.67. The largest absolute Gasteiger partial charge is 0.444 e. The molecule has 4 aromatic rings. The molecule has 0 saturated heterocycles. The van der Waals surface area contributed by atoms with Gasteiger partial charge in [0.05, 0.1) is 23.3 Å². The Hall–Kier alpha value is -2.88. The van der Waals surface area contributed by atoms with Crippen molar-refractivity contribution in [3.8, 4) is 11.5 Å². The van der Waals surface area contributed by atoms with E-state index in [2.05, 4.69) is 36.2 Å². The summed E-state index contributed by atoms with van der Waals surface area (Å²) in [6.45, 7) is 4.09. The number of guanidine groups is 1. The molecule has 0 aliphatic heterocycles. The van der Waals surface area contributed by atoms with Crippen LogP contribution in [-0.4, -0.2) is 34.1 Å². The van der Waals surface area contributed by atoms with E-state index in [1.165, 1.54) is 0 Å². The number of aryl methyl sites for hydroxylation is 1. The number of benzene rings is 2. The number of oxazole rings is 1. The molecular formula is C22H25IN6O. The first-order valence-electron chi connectivity index (χ1n) is 9.61. The van der Waals surface area contributed by atoms with Gasteiger partial charge in [-0.2, -0.15) is 0 Å². The van der Waals surface area contributed by atoms with Crippen LogP contribution in [0.2, 0.25) is 0 Å². The molecule has 2 N–H and O–H groups in total. The van der Waals surface area contributed by atoms with E-state index < -0.39 is 0 Å². The van der Waals surface area contributed by atoms with Crippen molar-refractivity contribution < 1.29 is 4.42 Å². The molecule has 0 amide bonds. The second-order valence-corrected chi connectivity index (χ2v) is 6.66. The van der Waals surface area contributed by atoms with Gasteiger partial charge in [0.1, 0.15) is 12.1 Å². The molecule has 0 aliphatic rings. The van der Waals surface area contributed by atoms with E-state index >= 15 is 0 Å². The van der Waals surface area contributed by atoms with Crippen molar-refractivity contribution in [3.05, 3.63) is 72.4 Å². The maximum atomic E-state index is 5.58. The Bertz CT molecular complexity index is 1120. The van der Waals surface area contributed by atoms with Gasteiger partial charge in [-0.1, -0.05) is 30.3 Å². The van der Waals surface area contributed by atoms with Crippen LogP contribution in [0.4, 0.5) is 0 Å². The molecule has 4 rings (SSSR count). The summed E-state index contributed by atoms with van der Waals surface area (Å²) in [6, 6.07) is 18.0. The second kappa shape index (κ2) is 10.2. The summed E-state index contributed by atoms with van der Waals surface area (Å²) < 4.78 is 7.79. The summed E-state index contributed by atoms with van der Waals surface area (Å²) in [4.78, 5) is 13.4. The number of aromatic nitrogens is 3. The summed E-state index contributed by atoms with van der Waals surface area (Å²) in [5.74, 6) is 2.34. The third-order valence-electron chi connectivity index (χ3n) is 4.71. The van der Waals surface area contributed by atoms with Gasteiger partial charge in [0.25, 0.3) is 0 Å². The number of nitrogens with one attached hydrogen (secondary N) is 2. The number of imidazole rings is 1. The molecule has 0 bridgehead atoms. The number of aliphatic imine (C=N–C) groups is 1. The first kappa shape index (κ1) is 21.8. The third-order valence-corrected chi connectivity index (χ3v) is 4.71. The first-order valence-corrected chi connectivity index (χ1v) is 9.61. The standard InChI is InChI=1S/C22H24N6O.HI/c1-16-26-19-10-6-7-11-20(19)28(16)13-12-24-22(23-2)25-14-18-15-29-21(27-18)17-8-4-3-5-9-17;/h3-11,15H,12-14H2,1-2H3,(H2,23,24,25);1H. The summed E-state index contributed by atoms with van der Waals surface area (Å²) in [5.41, 5.74) is 3.95. The van der Waals surface area contributed by atoms with Crippen molar-refractivity contribution >= 4 is 41.0 Å². The van der Waals surface area contributed by atoms with Gasteiger partial charge in [-0.15, -0.1) is 24.0 Å². The Kier molecular flexibility index (Phi) is 7.45. The zero-order valence-corrected chi connectivity index (χ0v) is 19.3. The molecular weight excluding hydrogens is 491 g/mol. The van der Waals surface area contributed by atoms with E-state index in [0.29, 0.717) is 12.4 Å². The van der Waals surface area contributed by atoms with Crippen molar-refractivity contribution in [3.63, 3.8) is 0 Å². The number of nitrogens with zero attached hydrogens (tertiary/aromatic N) is 4. The Morgan fingerprint density at radius 2 is 1.80 bits per heavy atom. The van der Waals surface area contributed by atoms with Crippen molar-refractivity contribution in [2.24, 2.45) is 4.99 Å². The Labute approximate surface area is 192 Å². The average Bonchev–Trinajstić information content (AvgIpc) is 3.35. The molecule has 0 radical (unpaired) electrons.